The molecule has 23 heavy (non-hydrogen) atoms. The number of rotatable bonds is 4. The summed E-state index contributed by atoms with van der Waals surface area (Å²) in [5.74, 6) is -1.99. The summed E-state index contributed by atoms with van der Waals surface area (Å²) < 4.78 is 82.0. The van der Waals surface area contributed by atoms with E-state index in [0.717, 1.165) is 27.9 Å². The van der Waals surface area contributed by atoms with E-state index < -0.39 is 51.4 Å². The van der Waals surface area contributed by atoms with Gasteiger partial charge in [-0.2, -0.15) is 8.42 Å². The Kier molecular flexibility index (Phi) is 7.78. The van der Waals surface area contributed by atoms with Crippen molar-refractivity contribution >= 4 is 28.9 Å². The summed E-state index contributed by atoms with van der Waals surface area (Å²) in [6.07, 6.45) is 0. The van der Waals surface area contributed by atoms with E-state index in [0.29, 0.717) is 0 Å². The Bertz CT molecular complexity index is 733. The quantitative estimate of drug-likeness (QED) is 0.291. The van der Waals surface area contributed by atoms with Crippen LogP contribution < -0.4 is 61.0 Å². The summed E-state index contributed by atoms with van der Waals surface area (Å²) >= 11 is 0. The number of carbonyl (C=O) groups excluding carboxylic acids is 1. The predicted octanol–water partition coefficient (Wildman–Crippen LogP) is -0.950. The van der Waals surface area contributed by atoms with Crippen LogP contribution in [-0.4, -0.2) is 28.5 Å². The Morgan fingerprint density at radius 3 is 1.87 bits per heavy atom. The first-order valence-corrected chi connectivity index (χ1v) is 7.18. The molecule has 0 aliphatic heterocycles. The second kappa shape index (κ2) is 7.83. The molecule has 0 N–H and O–H groups in total. The number of benzene rings is 1. The average Bonchev–Trinajstić information content (AvgIpc) is 2.31. The Hall–Kier alpha value is -0.139. The third kappa shape index (κ3) is 5.16. The summed E-state index contributed by atoms with van der Waals surface area (Å²) in [6, 6.07) is 0. The van der Waals surface area contributed by atoms with Gasteiger partial charge in [-0.3, -0.25) is 0 Å². The Labute approximate surface area is 173 Å². The monoisotopic (exact) mass is 382 g/mol. The molecule has 0 atom stereocenters. The van der Waals surface area contributed by atoms with Gasteiger partial charge in [0, 0.05) is 5.56 Å². The minimum Gasteiger partial charge on any atom is -0.465 e. The molecule has 0 radical (unpaired) electrons. The second-order valence-electron chi connectivity index (χ2n) is 4.54. The second-order valence-corrected chi connectivity index (χ2v) is 5.49. The molecule has 0 unspecified atom stereocenters. The fraction of sp³-hybridized carbons (Fsp3) is 0.364. The van der Waals surface area contributed by atoms with Gasteiger partial charge >= 0.3 is 74.8 Å². The molecule has 1 aromatic rings. The van der Waals surface area contributed by atoms with Crippen LogP contribution in [0.2, 0.25) is 0 Å². The van der Waals surface area contributed by atoms with Gasteiger partial charge in [0.1, 0.15) is 5.75 Å². The van der Waals surface area contributed by atoms with E-state index in [1.54, 1.807) is 0 Å². The summed E-state index contributed by atoms with van der Waals surface area (Å²) in [5.41, 5.74) is -3.04. The molecule has 5 nitrogen and oxygen atoms in total. The summed E-state index contributed by atoms with van der Waals surface area (Å²) in [7, 11) is -4.61. The zero-order valence-corrected chi connectivity index (χ0v) is 17.0. The van der Waals surface area contributed by atoms with Crippen LogP contribution in [0.3, 0.4) is 0 Å². The van der Waals surface area contributed by atoms with Crippen LogP contribution in [-0.2, 0) is 15.2 Å². The molecule has 12 heteroatoms. The molecule has 1 rings (SSSR count). The maximum Gasteiger partial charge on any atom is 1.00 e. The number of hydrogen-bond acceptors (Lipinski definition) is 5. The number of methoxy groups -OCH3 is 1. The van der Waals surface area contributed by atoms with Crippen molar-refractivity contribution in [2.45, 2.75) is 20.8 Å². The maximum absolute atomic E-state index is 13.2. The van der Waals surface area contributed by atoms with Crippen LogP contribution >= 0.6 is 0 Å². The smallest absolute Gasteiger partial charge is 0.465 e. The predicted molar refractivity (Wildman–Crippen MR) is 71.4 cm³/mol. The van der Waals surface area contributed by atoms with Gasteiger partial charge in [-0.1, -0.05) is 14.9 Å². The Morgan fingerprint density at radius 1 is 1.04 bits per heavy atom. The first-order chi connectivity index (χ1) is 9.81. The Morgan fingerprint density at radius 2 is 1.52 bits per heavy atom. The third-order valence-electron chi connectivity index (χ3n) is 3.14. The number of esters is 1. The SMILES string of the molecule is COC(=O)c1c(C)c(OS(=O)(=O)F)c(C)c([B-](F)(F)F)c1C.[K+]. The van der Waals surface area contributed by atoms with Crippen LogP contribution in [0.1, 0.15) is 27.0 Å². The van der Waals surface area contributed by atoms with E-state index in [1.807, 2.05) is 0 Å². The number of carbonyl (C=O) groups is 1. The van der Waals surface area contributed by atoms with Crippen LogP contribution in [0.15, 0.2) is 0 Å². The van der Waals surface area contributed by atoms with Crippen LogP contribution in [0.25, 0.3) is 0 Å². The molecule has 0 spiro atoms. The molecular weight excluding hydrogens is 370 g/mol. The topological polar surface area (TPSA) is 69.7 Å². The van der Waals surface area contributed by atoms with Gasteiger partial charge in [-0.05, 0) is 26.3 Å². The summed E-state index contributed by atoms with van der Waals surface area (Å²) in [6.45, 7) is -2.47. The van der Waals surface area contributed by atoms with Gasteiger partial charge in [-0.15, -0.1) is 0 Å². The molecule has 0 aromatic heterocycles. The summed E-state index contributed by atoms with van der Waals surface area (Å²) in [5, 5.41) is 0. The van der Waals surface area contributed by atoms with Crippen LogP contribution in [0.4, 0.5) is 16.8 Å². The molecule has 0 saturated heterocycles. The molecular formula is C11H12BF4KO5S. The minimum absolute atomic E-state index is 0. The number of hydrogen-bond donors (Lipinski definition) is 0. The van der Waals surface area contributed by atoms with E-state index in [-0.39, 0.29) is 56.9 Å². The van der Waals surface area contributed by atoms with Gasteiger partial charge in [0.15, 0.2) is 0 Å². The molecule has 0 bridgehead atoms. The molecule has 1 aromatic carbocycles. The van der Waals surface area contributed by atoms with Crippen molar-refractivity contribution in [2.24, 2.45) is 0 Å². The first-order valence-electron chi connectivity index (χ1n) is 5.87. The average molecular weight is 382 g/mol. The number of ether oxygens (including phenoxy) is 1. The van der Waals surface area contributed by atoms with Gasteiger partial charge in [0.2, 0.25) is 0 Å². The van der Waals surface area contributed by atoms with Gasteiger partial charge in [0.05, 0.1) is 12.7 Å². The van der Waals surface area contributed by atoms with Crippen molar-refractivity contribution in [1.29, 1.82) is 0 Å². The van der Waals surface area contributed by atoms with E-state index in [1.165, 1.54) is 0 Å². The zero-order valence-electron chi connectivity index (χ0n) is 13.0. The fourth-order valence-corrected chi connectivity index (χ4v) is 2.79. The van der Waals surface area contributed by atoms with Crippen LogP contribution in [0.5, 0.6) is 5.75 Å². The van der Waals surface area contributed by atoms with E-state index >= 15 is 0 Å². The molecule has 124 valence electrons. The van der Waals surface area contributed by atoms with Gasteiger partial charge < -0.3 is 21.9 Å². The first kappa shape index (κ1) is 22.9. The van der Waals surface area contributed by atoms with Crippen LogP contribution in [0, 0.1) is 20.8 Å². The number of halogens is 4. The third-order valence-corrected chi connectivity index (χ3v) is 3.50. The van der Waals surface area contributed by atoms with E-state index in [2.05, 4.69) is 8.92 Å². The van der Waals surface area contributed by atoms with Crippen molar-refractivity contribution in [2.75, 3.05) is 7.11 Å². The largest absolute Gasteiger partial charge is 1.00 e. The fourth-order valence-electron chi connectivity index (χ4n) is 2.34. The standard InChI is InChI=1S/C11H12BF4O5S.K/c1-5-8(11(17)20-4)6(2)10(21-22(16,18)19)7(3)9(5)12(13,14)15;/h1-4H3;/q-1;+1. The van der Waals surface area contributed by atoms with Crippen molar-refractivity contribution in [3.63, 3.8) is 0 Å². The molecule has 0 saturated carbocycles. The zero-order chi connectivity index (χ0) is 17.5. The van der Waals surface area contributed by atoms with Crippen molar-refractivity contribution in [3.8, 4) is 5.75 Å². The molecule has 0 aliphatic carbocycles. The normalized spacial score (nSPS) is 11.7. The molecule has 0 aliphatic rings. The molecule has 0 amide bonds. The molecule has 0 heterocycles. The van der Waals surface area contributed by atoms with Crippen molar-refractivity contribution in [3.05, 3.63) is 22.3 Å². The summed E-state index contributed by atoms with van der Waals surface area (Å²) in [4.78, 5) is 11.7. The van der Waals surface area contributed by atoms with Gasteiger partial charge in [0.25, 0.3) is 0 Å². The van der Waals surface area contributed by atoms with Crippen molar-refractivity contribution in [1.82, 2.24) is 0 Å². The maximum atomic E-state index is 13.2. The Balaban J connectivity index is 0.00000484. The van der Waals surface area contributed by atoms with E-state index in [9.17, 15) is 30.0 Å². The molecule has 0 fully saturated rings. The van der Waals surface area contributed by atoms with E-state index in [4.69, 9.17) is 0 Å². The minimum atomic E-state index is -5.60. The van der Waals surface area contributed by atoms with Gasteiger partial charge in [-0.25, -0.2) is 4.79 Å². The van der Waals surface area contributed by atoms with Crippen molar-refractivity contribution < 1.29 is 90.3 Å².